The Hall–Kier alpha value is 0.610. The third-order valence-corrected chi connectivity index (χ3v) is 1.70. The molecule has 0 saturated carbocycles. The zero-order valence-electron chi connectivity index (χ0n) is 3.89. The molecule has 1 aliphatic rings. The quantitative estimate of drug-likeness (QED) is 0.433. The van der Waals surface area contributed by atoms with E-state index >= 15 is 0 Å². The van der Waals surface area contributed by atoms with E-state index in [1.54, 1.807) is 0 Å². The van der Waals surface area contributed by atoms with Crippen molar-refractivity contribution in [1.82, 2.24) is 8.65 Å². The van der Waals surface area contributed by atoms with Crippen molar-refractivity contribution in [2.24, 2.45) is 5.73 Å². The molecule has 0 spiro atoms. The van der Waals surface area contributed by atoms with Gasteiger partial charge in [-0.05, 0) is 6.42 Å². The highest BCUT2D eigenvalue weighted by Crippen LogP contribution is 2.04. The Bertz CT molecular complexity index is 59.2. The number of hydrogen-bond acceptors (Lipinski definition) is 3. The standard InChI is InChI=1S/C3H8IN3/c4-7-2-1-3(5)6-7/h3,6H,1-2,5H2. The van der Waals surface area contributed by atoms with Crippen LogP contribution in [-0.2, 0) is 0 Å². The monoisotopic (exact) mass is 213 g/mol. The lowest BCUT2D eigenvalue weighted by atomic mass is 10.4. The van der Waals surface area contributed by atoms with Crippen LogP contribution in [0.4, 0.5) is 0 Å². The van der Waals surface area contributed by atoms with E-state index in [9.17, 15) is 0 Å². The Morgan fingerprint density at radius 2 is 2.57 bits per heavy atom. The van der Waals surface area contributed by atoms with E-state index in [-0.39, 0.29) is 6.17 Å². The summed E-state index contributed by atoms with van der Waals surface area (Å²) in [5.41, 5.74) is 8.48. The van der Waals surface area contributed by atoms with Crippen LogP contribution < -0.4 is 11.2 Å². The Kier molecular flexibility index (Phi) is 1.85. The smallest absolute Gasteiger partial charge is 0.0702 e. The lowest BCUT2D eigenvalue weighted by Crippen LogP contribution is -2.34. The molecule has 7 heavy (non-hydrogen) atoms. The highest BCUT2D eigenvalue weighted by atomic mass is 127. The third kappa shape index (κ3) is 1.52. The molecule has 0 amide bonds. The van der Waals surface area contributed by atoms with Crippen molar-refractivity contribution in [3.8, 4) is 0 Å². The van der Waals surface area contributed by atoms with Crippen LogP contribution in [0.1, 0.15) is 6.42 Å². The second-order valence-electron chi connectivity index (χ2n) is 1.61. The molecular formula is C3H8IN3. The Morgan fingerprint density at radius 3 is 2.71 bits per heavy atom. The molecule has 0 aliphatic carbocycles. The first-order valence-electron chi connectivity index (χ1n) is 2.24. The average Bonchev–Trinajstić information content (AvgIpc) is 1.87. The number of nitrogens with two attached hydrogens (primary N) is 1. The SMILES string of the molecule is NC1CCN(I)N1. The summed E-state index contributed by atoms with van der Waals surface area (Å²) in [5.74, 6) is 0. The van der Waals surface area contributed by atoms with Crippen LogP contribution >= 0.6 is 22.9 Å². The van der Waals surface area contributed by atoms with Gasteiger partial charge in [0.1, 0.15) is 0 Å². The first-order valence-corrected chi connectivity index (χ1v) is 3.20. The van der Waals surface area contributed by atoms with Crippen molar-refractivity contribution in [2.75, 3.05) is 6.54 Å². The van der Waals surface area contributed by atoms with E-state index < -0.39 is 0 Å². The molecule has 0 aromatic carbocycles. The number of nitrogens with one attached hydrogen (secondary N) is 1. The molecule has 3 nitrogen and oxygen atoms in total. The van der Waals surface area contributed by atoms with Gasteiger partial charge in [0, 0.05) is 29.4 Å². The molecule has 1 saturated heterocycles. The van der Waals surface area contributed by atoms with Gasteiger partial charge < -0.3 is 5.73 Å². The van der Waals surface area contributed by atoms with Crippen molar-refractivity contribution in [3.63, 3.8) is 0 Å². The van der Waals surface area contributed by atoms with Crippen LogP contribution in [0.25, 0.3) is 0 Å². The van der Waals surface area contributed by atoms with E-state index in [0.717, 1.165) is 13.0 Å². The van der Waals surface area contributed by atoms with Crippen LogP contribution in [0, 0.1) is 0 Å². The van der Waals surface area contributed by atoms with Crippen molar-refractivity contribution >= 4 is 22.9 Å². The summed E-state index contributed by atoms with van der Waals surface area (Å²) in [7, 11) is 0. The molecule has 1 atom stereocenters. The molecule has 1 unspecified atom stereocenters. The second kappa shape index (κ2) is 2.25. The number of rotatable bonds is 0. The molecule has 0 aromatic heterocycles. The Balaban J connectivity index is 2.26. The van der Waals surface area contributed by atoms with Crippen LogP contribution in [-0.4, -0.2) is 15.9 Å². The highest BCUT2D eigenvalue weighted by molar-refractivity contribution is 14.1. The van der Waals surface area contributed by atoms with Gasteiger partial charge in [0.2, 0.25) is 0 Å². The molecule has 3 N–H and O–H groups in total. The van der Waals surface area contributed by atoms with E-state index in [0.29, 0.717) is 0 Å². The van der Waals surface area contributed by atoms with Gasteiger partial charge in [-0.15, -0.1) is 0 Å². The zero-order valence-corrected chi connectivity index (χ0v) is 6.05. The van der Waals surface area contributed by atoms with E-state index in [4.69, 9.17) is 5.73 Å². The number of hydrazine groups is 1. The van der Waals surface area contributed by atoms with Gasteiger partial charge in [-0.25, -0.2) is 5.43 Å². The first-order chi connectivity index (χ1) is 3.29. The Labute approximate surface area is 56.7 Å². The number of nitrogens with zero attached hydrogens (tertiary/aromatic N) is 1. The molecular weight excluding hydrogens is 205 g/mol. The summed E-state index contributed by atoms with van der Waals surface area (Å²) in [6, 6.07) is 0. The minimum absolute atomic E-state index is 0.192. The molecule has 4 heteroatoms. The summed E-state index contributed by atoms with van der Waals surface area (Å²) in [6.45, 7) is 1.06. The fraction of sp³-hybridized carbons (Fsp3) is 1.00. The summed E-state index contributed by atoms with van der Waals surface area (Å²) in [4.78, 5) is 0. The van der Waals surface area contributed by atoms with Crippen LogP contribution in [0.5, 0.6) is 0 Å². The summed E-state index contributed by atoms with van der Waals surface area (Å²) in [5, 5.41) is 0. The summed E-state index contributed by atoms with van der Waals surface area (Å²) < 4.78 is 1.97. The topological polar surface area (TPSA) is 41.3 Å². The van der Waals surface area contributed by atoms with Crippen LogP contribution in [0.15, 0.2) is 0 Å². The van der Waals surface area contributed by atoms with E-state index in [1.165, 1.54) is 0 Å². The molecule has 42 valence electrons. The molecule has 0 aromatic rings. The van der Waals surface area contributed by atoms with E-state index in [2.05, 4.69) is 28.3 Å². The lowest BCUT2D eigenvalue weighted by Gasteiger charge is -2.03. The van der Waals surface area contributed by atoms with Gasteiger partial charge in [0.15, 0.2) is 0 Å². The minimum Gasteiger partial charge on any atom is -0.315 e. The molecule has 1 heterocycles. The zero-order chi connectivity index (χ0) is 5.28. The van der Waals surface area contributed by atoms with Gasteiger partial charge in [-0.3, -0.25) is 0 Å². The number of halogens is 1. The van der Waals surface area contributed by atoms with E-state index in [1.807, 2.05) is 3.22 Å². The van der Waals surface area contributed by atoms with Gasteiger partial charge >= 0.3 is 0 Å². The van der Waals surface area contributed by atoms with Gasteiger partial charge in [-0.1, -0.05) is 0 Å². The summed E-state index contributed by atoms with van der Waals surface area (Å²) >= 11 is 2.19. The fourth-order valence-electron chi connectivity index (χ4n) is 0.561. The largest absolute Gasteiger partial charge is 0.315 e. The minimum atomic E-state index is 0.192. The van der Waals surface area contributed by atoms with Gasteiger partial charge in [0.25, 0.3) is 0 Å². The predicted octanol–water partition coefficient (Wildman–Crippen LogP) is -0.169. The normalized spacial score (nSPS) is 34.3. The third-order valence-electron chi connectivity index (χ3n) is 0.942. The van der Waals surface area contributed by atoms with Crippen molar-refractivity contribution < 1.29 is 0 Å². The molecule has 0 radical (unpaired) electrons. The second-order valence-corrected chi connectivity index (χ2v) is 2.77. The number of hydrogen-bond donors (Lipinski definition) is 2. The molecule has 1 fully saturated rings. The van der Waals surface area contributed by atoms with Crippen molar-refractivity contribution in [1.29, 1.82) is 0 Å². The first kappa shape index (κ1) is 5.74. The average molecular weight is 213 g/mol. The van der Waals surface area contributed by atoms with Crippen LogP contribution in [0.2, 0.25) is 0 Å². The highest BCUT2D eigenvalue weighted by Gasteiger charge is 2.13. The summed E-state index contributed by atoms with van der Waals surface area (Å²) in [6.07, 6.45) is 1.25. The van der Waals surface area contributed by atoms with Gasteiger partial charge in [0.05, 0.1) is 6.17 Å². The fourth-order valence-corrected chi connectivity index (χ4v) is 1.20. The predicted molar refractivity (Wildman–Crippen MR) is 36.5 cm³/mol. The molecule has 0 bridgehead atoms. The van der Waals surface area contributed by atoms with Gasteiger partial charge in [-0.2, -0.15) is 3.22 Å². The molecule has 1 aliphatic heterocycles. The Morgan fingerprint density at radius 1 is 1.86 bits per heavy atom. The lowest BCUT2D eigenvalue weighted by molar-refractivity contribution is 0.451. The molecule has 1 rings (SSSR count). The van der Waals surface area contributed by atoms with Crippen LogP contribution in [0.3, 0.4) is 0 Å². The van der Waals surface area contributed by atoms with Crippen molar-refractivity contribution in [2.45, 2.75) is 12.6 Å². The van der Waals surface area contributed by atoms with Crippen molar-refractivity contribution in [3.05, 3.63) is 0 Å². The maximum Gasteiger partial charge on any atom is 0.0702 e. The maximum absolute atomic E-state index is 5.47. The maximum atomic E-state index is 5.47.